The van der Waals surface area contributed by atoms with E-state index in [-0.39, 0.29) is 0 Å². The molecule has 0 aliphatic heterocycles. The van der Waals surface area contributed by atoms with Crippen molar-refractivity contribution in [3.05, 3.63) is 30.9 Å². The van der Waals surface area contributed by atoms with Crippen LogP contribution < -0.4 is 5.73 Å². The van der Waals surface area contributed by atoms with Crippen LogP contribution in [0.5, 0.6) is 0 Å². The van der Waals surface area contributed by atoms with Gasteiger partial charge >= 0.3 is 0 Å². The zero-order valence-corrected chi connectivity index (χ0v) is 7.67. The Hall–Kier alpha value is -1.75. The molecule has 0 atom stereocenters. The zero-order chi connectivity index (χ0) is 9.80. The lowest BCUT2D eigenvalue weighted by molar-refractivity contribution is 0.712. The summed E-state index contributed by atoms with van der Waals surface area (Å²) in [5.74, 6) is 0.831. The maximum absolute atomic E-state index is 5.48. The standard InChI is InChI=1S/C9H11N5/c10-3-6-14-7-12-13-9(14)8-1-4-11-5-2-8/h1-2,4-5,7H,3,6,10H2. The Morgan fingerprint density at radius 1 is 1.29 bits per heavy atom. The highest BCUT2D eigenvalue weighted by Gasteiger charge is 2.04. The molecule has 0 spiro atoms. The summed E-state index contributed by atoms with van der Waals surface area (Å²) < 4.78 is 1.93. The van der Waals surface area contributed by atoms with Gasteiger partial charge in [0.2, 0.25) is 0 Å². The molecule has 0 unspecified atom stereocenters. The van der Waals surface area contributed by atoms with E-state index in [0.717, 1.165) is 17.9 Å². The predicted molar refractivity (Wildman–Crippen MR) is 52.3 cm³/mol. The van der Waals surface area contributed by atoms with Crippen LogP contribution in [0.4, 0.5) is 0 Å². The van der Waals surface area contributed by atoms with Gasteiger partial charge in [0.15, 0.2) is 5.82 Å². The molecular formula is C9H11N5. The summed E-state index contributed by atoms with van der Waals surface area (Å²) in [6.07, 6.45) is 5.15. The van der Waals surface area contributed by atoms with E-state index in [4.69, 9.17) is 5.73 Å². The molecule has 2 rings (SSSR count). The SMILES string of the molecule is NCCn1cnnc1-c1ccncc1. The molecular weight excluding hydrogens is 178 g/mol. The molecule has 2 aromatic rings. The van der Waals surface area contributed by atoms with Crippen molar-refractivity contribution in [2.24, 2.45) is 5.73 Å². The highest BCUT2D eigenvalue weighted by atomic mass is 15.3. The van der Waals surface area contributed by atoms with E-state index < -0.39 is 0 Å². The first-order valence-electron chi connectivity index (χ1n) is 4.40. The third kappa shape index (κ3) is 1.62. The van der Waals surface area contributed by atoms with Crippen molar-refractivity contribution in [3.63, 3.8) is 0 Å². The van der Waals surface area contributed by atoms with Crippen molar-refractivity contribution in [3.8, 4) is 11.4 Å². The minimum atomic E-state index is 0.579. The Bertz CT molecular complexity index is 395. The predicted octanol–water partition coefficient (Wildman–Crippen LogP) is 0.299. The third-order valence-electron chi connectivity index (χ3n) is 1.92. The van der Waals surface area contributed by atoms with Gasteiger partial charge in [0.05, 0.1) is 0 Å². The second-order valence-corrected chi connectivity index (χ2v) is 2.87. The summed E-state index contributed by atoms with van der Waals surface area (Å²) in [6, 6.07) is 3.80. The molecule has 0 aliphatic rings. The maximum atomic E-state index is 5.48. The highest BCUT2D eigenvalue weighted by molar-refractivity contribution is 5.53. The fourth-order valence-corrected chi connectivity index (χ4v) is 1.28. The first-order valence-corrected chi connectivity index (χ1v) is 4.40. The van der Waals surface area contributed by atoms with Crippen LogP contribution in [0, 0.1) is 0 Å². The van der Waals surface area contributed by atoms with Crippen molar-refractivity contribution < 1.29 is 0 Å². The summed E-state index contributed by atoms with van der Waals surface area (Å²) in [5, 5.41) is 7.89. The average molecular weight is 189 g/mol. The highest BCUT2D eigenvalue weighted by Crippen LogP contribution is 2.14. The number of nitrogens with two attached hydrogens (primary N) is 1. The number of nitrogens with zero attached hydrogens (tertiary/aromatic N) is 4. The molecule has 0 saturated carbocycles. The van der Waals surface area contributed by atoms with Gasteiger partial charge in [0, 0.05) is 31.0 Å². The Kier molecular flexibility index (Phi) is 2.51. The topological polar surface area (TPSA) is 69.6 Å². The molecule has 0 amide bonds. The van der Waals surface area contributed by atoms with Gasteiger partial charge in [-0.2, -0.15) is 0 Å². The largest absolute Gasteiger partial charge is 0.329 e. The van der Waals surface area contributed by atoms with Crippen LogP contribution >= 0.6 is 0 Å². The molecule has 0 saturated heterocycles. The lowest BCUT2D eigenvalue weighted by atomic mass is 10.2. The van der Waals surface area contributed by atoms with Crippen molar-refractivity contribution in [1.82, 2.24) is 19.7 Å². The van der Waals surface area contributed by atoms with Crippen molar-refractivity contribution in [2.45, 2.75) is 6.54 Å². The van der Waals surface area contributed by atoms with Gasteiger partial charge < -0.3 is 10.3 Å². The zero-order valence-electron chi connectivity index (χ0n) is 7.67. The lowest BCUT2D eigenvalue weighted by Gasteiger charge is -2.03. The Labute approximate surface area is 81.6 Å². The van der Waals surface area contributed by atoms with Crippen molar-refractivity contribution >= 4 is 0 Å². The molecule has 14 heavy (non-hydrogen) atoms. The van der Waals surface area contributed by atoms with Crippen LogP contribution in [0.1, 0.15) is 0 Å². The molecule has 0 radical (unpaired) electrons. The van der Waals surface area contributed by atoms with Crippen molar-refractivity contribution in [1.29, 1.82) is 0 Å². The number of pyridine rings is 1. The Morgan fingerprint density at radius 2 is 2.07 bits per heavy atom. The van der Waals surface area contributed by atoms with E-state index in [0.29, 0.717) is 6.54 Å². The first kappa shape index (κ1) is 8.83. The average Bonchev–Trinajstić information content (AvgIpc) is 2.68. The van der Waals surface area contributed by atoms with E-state index in [1.165, 1.54) is 0 Å². The van der Waals surface area contributed by atoms with Crippen LogP contribution in [0.25, 0.3) is 11.4 Å². The van der Waals surface area contributed by atoms with E-state index in [9.17, 15) is 0 Å². The second kappa shape index (κ2) is 3.97. The number of hydrogen-bond donors (Lipinski definition) is 1. The van der Waals surface area contributed by atoms with Gasteiger partial charge in [-0.1, -0.05) is 0 Å². The fourth-order valence-electron chi connectivity index (χ4n) is 1.28. The quantitative estimate of drug-likeness (QED) is 0.753. The van der Waals surface area contributed by atoms with Gasteiger partial charge in [-0.05, 0) is 12.1 Å². The molecule has 0 fully saturated rings. The van der Waals surface area contributed by atoms with E-state index in [1.54, 1.807) is 18.7 Å². The Balaban J connectivity index is 2.37. The van der Waals surface area contributed by atoms with Crippen LogP contribution in [-0.2, 0) is 6.54 Å². The van der Waals surface area contributed by atoms with Gasteiger partial charge in [0.25, 0.3) is 0 Å². The lowest BCUT2D eigenvalue weighted by Crippen LogP contribution is -2.10. The van der Waals surface area contributed by atoms with Gasteiger partial charge in [-0.15, -0.1) is 10.2 Å². The van der Waals surface area contributed by atoms with Crippen LogP contribution in [0.15, 0.2) is 30.9 Å². The summed E-state index contributed by atoms with van der Waals surface area (Å²) in [6.45, 7) is 1.31. The van der Waals surface area contributed by atoms with Gasteiger partial charge in [-0.3, -0.25) is 4.98 Å². The monoisotopic (exact) mass is 189 g/mol. The minimum absolute atomic E-state index is 0.579. The van der Waals surface area contributed by atoms with E-state index in [2.05, 4.69) is 15.2 Å². The number of rotatable bonds is 3. The second-order valence-electron chi connectivity index (χ2n) is 2.87. The molecule has 5 nitrogen and oxygen atoms in total. The summed E-state index contributed by atoms with van der Waals surface area (Å²) in [5.41, 5.74) is 6.48. The minimum Gasteiger partial charge on any atom is -0.329 e. The van der Waals surface area contributed by atoms with Gasteiger partial charge in [0.1, 0.15) is 6.33 Å². The van der Waals surface area contributed by atoms with Gasteiger partial charge in [-0.25, -0.2) is 0 Å². The number of aromatic nitrogens is 4. The third-order valence-corrected chi connectivity index (χ3v) is 1.92. The smallest absolute Gasteiger partial charge is 0.163 e. The Morgan fingerprint density at radius 3 is 2.79 bits per heavy atom. The fraction of sp³-hybridized carbons (Fsp3) is 0.222. The summed E-state index contributed by atoms with van der Waals surface area (Å²) in [7, 11) is 0. The molecule has 2 heterocycles. The maximum Gasteiger partial charge on any atom is 0.163 e. The first-order chi connectivity index (χ1) is 6.92. The van der Waals surface area contributed by atoms with Crippen LogP contribution in [0.2, 0.25) is 0 Å². The van der Waals surface area contributed by atoms with E-state index in [1.807, 2.05) is 16.7 Å². The van der Waals surface area contributed by atoms with Crippen LogP contribution in [-0.4, -0.2) is 26.3 Å². The van der Waals surface area contributed by atoms with Crippen LogP contribution in [0.3, 0.4) is 0 Å². The summed E-state index contributed by atoms with van der Waals surface area (Å²) in [4.78, 5) is 3.95. The number of hydrogen-bond acceptors (Lipinski definition) is 4. The molecule has 0 aromatic carbocycles. The van der Waals surface area contributed by atoms with Crippen molar-refractivity contribution in [2.75, 3.05) is 6.54 Å². The summed E-state index contributed by atoms with van der Waals surface area (Å²) >= 11 is 0. The van der Waals surface area contributed by atoms with E-state index >= 15 is 0 Å². The molecule has 0 aliphatic carbocycles. The molecule has 2 aromatic heterocycles. The normalized spacial score (nSPS) is 10.4. The molecule has 5 heteroatoms. The molecule has 72 valence electrons. The molecule has 0 bridgehead atoms. The molecule has 2 N–H and O–H groups in total.